The van der Waals surface area contributed by atoms with Gasteiger partial charge in [0.2, 0.25) is 5.95 Å². The Kier molecular flexibility index (Phi) is 4.76. The second-order valence-electron chi connectivity index (χ2n) is 7.72. The van der Waals surface area contributed by atoms with Gasteiger partial charge in [-0.2, -0.15) is 5.10 Å². The molecular formula is C21H20F2N6O2. The highest BCUT2D eigenvalue weighted by molar-refractivity contribution is 5.94. The first kappa shape index (κ1) is 19.4. The number of nitrogens with zero attached hydrogens (tertiary/aromatic N) is 5. The fourth-order valence-electron chi connectivity index (χ4n) is 4.16. The van der Waals surface area contributed by atoms with Crippen LogP contribution in [0.15, 0.2) is 35.4 Å². The smallest absolute Gasteiger partial charge is 0.257 e. The number of aryl methyl sites for hydroxylation is 1. The molecule has 3 heterocycles. The molecule has 0 saturated carbocycles. The van der Waals surface area contributed by atoms with E-state index in [0.29, 0.717) is 43.4 Å². The van der Waals surface area contributed by atoms with E-state index in [1.54, 1.807) is 16.0 Å². The zero-order valence-corrected chi connectivity index (χ0v) is 16.6. The van der Waals surface area contributed by atoms with Gasteiger partial charge in [0.25, 0.3) is 11.5 Å². The average molecular weight is 426 g/mol. The second kappa shape index (κ2) is 7.60. The first-order valence-electron chi connectivity index (χ1n) is 10.2. The number of piperazine rings is 1. The normalized spacial score (nSPS) is 15.9. The van der Waals surface area contributed by atoms with Crippen molar-refractivity contribution in [1.29, 1.82) is 0 Å². The largest absolute Gasteiger partial charge is 0.366 e. The number of benzene rings is 1. The van der Waals surface area contributed by atoms with Crippen LogP contribution in [0.25, 0.3) is 5.95 Å². The lowest BCUT2D eigenvalue weighted by Crippen LogP contribution is -2.49. The number of nitrogens with one attached hydrogen (secondary N) is 1. The summed E-state index contributed by atoms with van der Waals surface area (Å²) >= 11 is 0. The van der Waals surface area contributed by atoms with E-state index in [-0.39, 0.29) is 11.5 Å². The van der Waals surface area contributed by atoms with Crippen molar-refractivity contribution in [3.8, 4) is 5.95 Å². The molecule has 1 N–H and O–H groups in total. The number of aromatic amines is 1. The molecule has 0 spiro atoms. The topological polar surface area (TPSA) is 87.1 Å². The lowest BCUT2D eigenvalue weighted by atomic mass is 10.2. The number of halogens is 2. The Labute approximate surface area is 176 Å². The molecule has 1 amide bonds. The third kappa shape index (κ3) is 3.58. The van der Waals surface area contributed by atoms with Gasteiger partial charge in [0.15, 0.2) is 0 Å². The van der Waals surface area contributed by atoms with Gasteiger partial charge in [-0.25, -0.2) is 18.4 Å². The molecule has 0 unspecified atom stereocenters. The summed E-state index contributed by atoms with van der Waals surface area (Å²) in [6, 6.07) is 3.50. The van der Waals surface area contributed by atoms with E-state index in [1.165, 1.54) is 23.0 Å². The second-order valence-corrected chi connectivity index (χ2v) is 7.72. The van der Waals surface area contributed by atoms with E-state index in [1.807, 2.05) is 0 Å². The van der Waals surface area contributed by atoms with E-state index >= 15 is 0 Å². The van der Waals surface area contributed by atoms with Crippen LogP contribution in [0.3, 0.4) is 0 Å². The molecule has 8 nitrogen and oxygen atoms in total. The van der Waals surface area contributed by atoms with Gasteiger partial charge in [-0.1, -0.05) is 0 Å². The van der Waals surface area contributed by atoms with Crippen LogP contribution in [0.4, 0.5) is 14.5 Å². The molecule has 1 fully saturated rings. The van der Waals surface area contributed by atoms with Crippen LogP contribution in [-0.2, 0) is 12.8 Å². The maximum atomic E-state index is 14.0. The zero-order valence-electron chi connectivity index (χ0n) is 16.6. The number of fused-ring (bicyclic) bond motifs is 1. The number of carbonyl (C=O) groups excluding carboxylic acids is 1. The highest BCUT2D eigenvalue weighted by Crippen LogP contribution is 2.22. The van der Waals surface area contributed by atoms with Gasteiger partial charge in [0, 0.05) is 44.0 Å². The van der Waals surface area contributed by atoms with Gasteiger partial charge in [0.1, 0.15) is 11.6 Å². The fraction of sp³-hybridized carbons (Fsp3) is 0.333. The van der Waals surface area contributed by atoms with Crippen molar-refractivity contribution >= 4 is 11.6 Å². The van der Waals surface area contributed by atoms with E-state index in [0.717, 1.165) is 36.6 Å². The van der Waals surface area contributed by atoms with Crippen molar-refractivity contribution in [2.75, 3.05) is 31.1 Å². The maximum Gasteiger partial charge on any atom is 0.257 e. The lowest BCUT2D eigenvalue weighted by molar-refractivity contribution is 0.0746. The quantitative estimate of drug-likeness (QED) is 0.689. The van der Waals surface area contributed by atoms with E-state index < -0.39 is 11.6 Å². The molecule has 160 valence electrons. The van der Waals surface area contributed by atoms with Gasteiger partial charge in [-0.15, -0.1) is 0 Å². The molecule has 0 radical (unpaired) electrons. The Morgan fingerprint density at radius 1 is 1.10 bits per heavy atom. The van der Waals surface area contributed by atoms with Gasteiger partial charge < -0.3 is 9.80 Å². The summed E-state index contributed by atoms with van der Waals surface area (Å²) in [6.45, 7) is 1.66. The number of amides is 1. The Hall–Kier alpha value is -3.56. The molecule has 1 aliphatic carbocycles. The zero-order chi connectivity index (χ0) is 21.5. The maximum absolute atomic E-state index is 14.0. The molecule has 2 aromatic heterocycles. The summed E-state index contributed by atoms with van der Waals surface area (Å²) in [7, 11) is 0. The molecule has 0 bridgehead atoms. The van der Waals surface area contributed by atoms with Crippen LogP contribution in [0, 0.1) is 11.6 Å². The third-order valence-corrected chi connectivity index (χ3v) is 5.79. The fourth-order valence-corrected chi connectivity index (χ4v) is 4.16. The van der Waals surface area contributed by atoms with Gasteiger partial charge >= 0.3 is 0 Å². The monoisotopic (exact) mass is 426 g/mol. The Bertz CT molecular complexity index is 1210. The standard InChI is InChI=1S/C21H20F2N6O2/c22-14-4-5-18(16(23)10-14)27-6-8-28(9-7-27)20(31)13-11-24-29(12-13)21-25-17-3-1-2-15(17)19(30)26-21/h4-5,10-12H,1-3,6-9H2,(H,25,26,30). The molecule has 3 aromatic rings. The summed E-state index contributed by atoms with van der Waals surface area (Å²) in [6.07, 6.45) is 5.40. The van der Waals surface area contributed by atoms with Crippen molar-refractivity contribution in [3.63, 3.8) is 0 Å². The van der Waals surface area contributed by atoms with Gasteiger partial charge in [0.05, 0.1) is 23.1 Å². The van der Waals surface area contributed by atoms with Crippen LogP contribution >= 0.6 is 0 Å². The summed E-state index contributed by atoms with van der Waals surface area (Å²) in [5.41, 5.74) is 2.05. The van der Waals surface area contributed by atoms with Crippen molar-refractivity contribution in [2.24, 2.45) is 0 Å². The van der Waals surface area contributed by atoms with Gasteiger partial charge in [-0.05, 0) is 31.4 Å². The highest BCUT2D eigenvalue weighted by atomic mass is 19.1. The van der Waals surface area contributed by atoms with Gasteiger partial charge in [-0.3, -0.25) is 14.6 Å². The number of anilines is 1. The Morgan fingerprint density at radius 2 is 1.90 bits per heavy atom. The van der Waals surface area contributed by atoms with Crippen molar-refractivity contribution in [1.82, 2.24) is 24.6 Å². The average Bonchev–Trinajstić information content (AvgIpc) is 3.43. The van der Waals surface area contributed by atoms with Crippen LogP contribution < -0.4 is 10.5 Å². The summed E-state index contributed by atoms with van der Waals surface area (Å²) in [4.78, 5) is 35.8. The predicted molar refractivity (Wildman–Crippen MR) is 108 cm³/mol. The predicted octanol–water partition coefficient (Wildman–Crippen LogP) is 1.68. The minimum Gasteiger partial charge on any atom is -0.366 e. The first-order chi connectivity index (χ1) is 15.0. The molecule has 1 aliphatic heterocycles. The van der Waals surface area contributed by atoms with Crippen LogP contribution in [0.1, 0.15) is 28.0 Å². The van der Waals surface area contributed by atoms with Crippen LogP contribution in [0.2, 0.25) is 0 Å². The number of aromatic nitrogens is 4. The SMILES string of the molecule is O=C(c1cnn(-c2nc3c(c(=O)[nH]2)CCC3)c1)N1CCN(c2ccc(F)cc2F)CC1. The van der Waals surface area contributed by atoms with E-state index in [9.17, 15) is 18.4 Å². The molecule has 0 atom stereocenters. The lowest BCUT2D eigenvalue weighted by Gasteiger charge is -2.36. The number of hydrogen-bond acceptors (Lipinski definition) is 5. The van der Waals surface area contributed by atoms with E-state index in [2.05, 4.69) is 15.1 Å². The molecule has 1 aromatic carbocycles. The first-order valence-corrected chi connectivity index (χ1v) is 10.2. The van der Waals surface area contributed by atoms with Crippen molar-refractivity contribution in [2.45, 2.75) is 19.3 Å². The Morgan fingerprint density at radius 3 is 2.68 bits per heavy atom. The number of carbonyl (C=O) groups is 1. The number of rotatable bonds is 3. The minimum absolute atomic E-state index is 0.162. The summed E-state index contributed by atoms with van der Waals surface area (Å²) in [5, 5.41) is 4.19. The number of H-pyrrole nitrogens is 1. The third-order valence-electron chi connectivity index (χ3n) is 5.79. The number of hydrogen-bond donors (Lipinski definition) is 1. The molecule has 1 saturated heterocycles. The van der Waals surface area contributed by atoms with Crippen molar-refractivity contribution in [3.05, 3.63) is 69.4 Å². The molecule has 31 heavy (non-hydrogen) atoms. The minimum atomic E-state index is -0.619. The Balaban J connectivity index is 1.28. The molecule has 10 heteroatoms. The van der Waals surface area contributed by atoms with Crippen LogP contribution in [0.5, 0.6) is 0 Å². The van der Waals surface area contributed by atoms with Crippen LogP contribution in [-0.4, -0.2) is 56.7 Å². The van der Waals surface area contributed by atoms with E-state index in [4.69, 9.17) is 0 Å². The van der Waals surface area contributed by atoms with Crippen molar-refractivity contribution < 1.29 is 13.6 Å². The molecule has 2 aliphatic rings. The summed E-state index contributed by atoms with van der Waals surface area (Å²) in [5.74, 6) is -1.14. The molecule has 5 rings (SSSR count). The summed E-state index contributed by atoms with van der Waals surface area (Å²) < 4.78 is 28.6. The molecular weight excluding hydrogens is 406 g/mol. The highest BCUT2D eigenvalue weighted by Gasteiger charge is 2.25.